The van der Waals surface area contributed by atoms with E-state index in [1.165, 1.54) is 11.1 Å². The fraction of sp³-hybridized carbons (Fsp3) is 0.357. The minimum absolute atomic E-state index is 0.103. The highest BCUT2D eigenvalue weighted by molar-refractivity contribution is 6.30. The molecule has 0 unspecified atom stereocenters. The number of hydrogen-bond donors (Lipinski definition) is 2. The van der Waals surface area contributed by atoms with Crippen LogP contribution in [0.15, 0.2) is 54.6 Å². The van der Waals surface area contributed by atoms with E-state index in [0.29, 0.717) is 0 Å². The van der Waals surface area contributed by atoms with Gasteiger partial charge in [-0.25, -0.2) is 0 Å². The number of anilines is 2. The van der Waals surface area contributed by atoms with E-state index in [1.54, 1.807) is 21.3 Å². The number of nitrogens with one attached hydrogen (secondary N) is 2. The molecule has 3 aromatic rings. The number of ether oxygens (including phenoxy) is 3. The molecule has 0 bridgehead atoms. The van der Waals surface area contributed by atoms with Crippen molar-refractivity contribution < 1.29 is 14.2 Å². The van der Waals surface area contributed by atoms with Gasteiger partial charge in [0, 0.05) is 45.0 Å². The quantitative estimate of drug-likeness (QED) is 0.431. The standard InChI is InChI=1S/C28H31ClN2O3/c1-27(2)16-28(26-23(31-27)13-20(33-4)14-25(26)34-5)15-24(17-6-8-18(29)9-7-17)30-22-11-10-19(32-3)12-21(22)28/h6-14,24,30-31H,15-16H2,1-5H3/t24-,28+/m1/s1. The summed E-state index contributed by atoms with van der Waals surface area (Å²) in [4.78, 5) is 0. The number of fused-ring (bicyclic) bond motifs is 4. The van der Waals surface area contributed by atoms with Crippen LogP contribution in [0.5, 0.6) is 17.2 Å². The number of rotatable bonds is 4. The fourth-order valence-corrected chi connectivity index (χ4v) is 6.01. The lowest BCUT2D eigenvalue weighted by Gasteiger charge is -2.52. The molecule has 6 heteroatoms. The molecule has 0 saturated heterocycles. The lowest BCUT2D eigenvalue weighted by Crippen LogP contribution is -2.49. The zero-order valence-corrected chi connectivity index (χ0v) is 21.0. The summed E-state index contributed by atoms with van der Waals surface area (Å²) in [6.07, 6.45) is 1.75. The molecular weight excluding hydrogens is 448 g/mol. The van der Waals surface area contributed by atoms with Crippen LogP contribution in [-0.4, -0.2) is 26.9 Å². The Morgan fingerprint density at radius 3 is 2.26 bits per heavy atom. The van der Waals surface area contributed by atoms with Crippen LogP contribution in [0.3, 0.4) is 0 Å². The Morgan fingerprint density at radius 2 is 1.59 bits per heavy atom. The number of benzene rings is 3. The largest absolute Gasteiger partial charge is 0.497 e. The van der Waals surface area contributed by atoms with Gasteiger partial charge in [-0.3, -0.25) is 0 Å². The highest BCUT2D eigenvalue weighted by atomic mass is 35.5. The molecule has 0 aliphatic carbocycles. The summed E-state index contributed by atoms with van der Waals surface area (Å²) in [7, 11) is 5.13. The number of halogens is 1. The summed E-state index contributed by atoms with van der Waals surface area (Å²) in [6.45, 7) is 4.51. The SMILES string of the molecule is COc1cc2c(c(OC)c1)[C@@]1(C[C@H](c3ccc(Cl)cc3)Nc3ccc(OC)cc31)CC(C)(C)N2. The minimum atomic E-state index is -0.318. The second kappa shape index (κ2) is 8.31. The van der Waals surface area contributed by atoms with E-state index in [-0.39, 0.29) is 17.0 Å². The Morgan fingerprint density at radius 1 is 0.853 bits per heavy atom. The Bertz CT molecular complexity index is 1230. The van der Waals surface area contributed by atoms with E-state index in [2.05, 4.69) is 54.8 Å². The van der Waals surface area contributed by atoms with Crippen LogP contribution in [0.25, 0.3) is 0 Å². The van der Waals surface area contributed by atoms with E-state index < -0.39 is 0 Å². The first kappa shape index (κ1) is 22.7. The van der Waals surface area contributed by atoms with Crippen molar-refractivity contribution in [1.82, 2.24) is 0 Å². The molecule has 2 heterocycles. The first-order valence-corrected chi connectivity index (χ1v) is 11.9. The topological polar surface area (TPSA) is 51.8 Å². The maximum Gasteiger partial charge on any atom is 0.128 e. The van der Waals surface area contributed by atoms with Gasteiger partial charge < -0.3 is 24.8 Å². The van der Waals surface area contributed by atoms with Crippen molar-refractivity contribution in [2.75, 3.05) is 32.0 Å². The van der Waals surface area contributed by atoms with Gasteiger partial charge in [-0.05, 0) is 68.1 Å². The summed E-state index contributed by atoms with van der Waals surface area (Å²) >= 11 is 6.21. The minimum Gasteiger partial charge on any atom is -0.497 e. The van der Waals surface area contributed by atoms with Crippen LogP contribution in [0.1, 0.15) is 49.4 Å². The van der Waals surface area contributed by atoms with Crippen molar-refractivity contribution in [3.8, 4) is 17.2 Å². The summed E-state index contributed by atoms with van der Waals surface area (Å²) in [5, 5.41) is 8.28. The highest BCUT2D eigenvalue weighted by Gasteiger charge is 2.51. The van der Waals surface area contributed by atoms with E-state index >= 15 is 0 Å². The van der Waals surface area contributed by atoms with Gasteiger partial charge in [0.15, 0.2) is 0 Å². The highest BCUT2D eigenvalue weighted by Crippen LogP contribution is 2.59. The lowest BCUT2D eigenvalue weighted by atomic mass is 9.59. The van der Waals surface area contributed by atoms with Crippen LogP contribution in [0.4, 0.5) is 11.4 Å². The molecule has 178 valence electrons. The lowest BCUT2D eigenvalue weighted by molar-refractivity contribution is 0.297. The molecule has 0 saturated carbocycles. The summed E-state index contributed by atoms with van der Waals surface area (Å²) < 4.78 is 17.3. The molecule has 2 aliphatic heterocycles. The normalized spacial score (nSPS) is 22.1. The first-order valence-electron chi connectivity index (χ1n) is 11.5. The van der Waals surface area contributed by atoms with Gasteiger partial charge in [-0.2, -0.15) is 0 Å². The molecular formula is C28H31ClN2O3. The monoisotopic (exact) mass is 478 g/mol. The maximum atomic E-state index is 6.21. The Balaban J connectivity index is 1.80. The van der Waals surface area contributed by atoms with Crippen LogP contribution >= 0.6 is 11.6 Å². The first-order chi connectivity index (χ1) is 16.3. The van der Waals surface area contributed by atoms with Gasteiger partial charge in [-0.15, -0.1) is 0 Å². The predicted molar refractivity (Wildman–Crippen MR) is 138 cm³/mol. The third-order valence-electron chi connectivity index (χ3n) is 7.12. The average Bonchev–Trinajstić information content (AvgIpc) is 2.82. The van der Waals surface area contributed by atoms with Gasteiger partial charge in [0.25, 0.3) is 0 Å². The molecule has 0 radical (unpaired) electrons. The molecule has 0 fully saturated rings. The maximum absolute atomic E-state index is 6.21. The van der Waals surface area contributed by atoms with Crippen molar-refractivity contribution >= 4 is 23.0 Å². The van der Waals surface area contributed by atoms with E-state index in [9.17, 15) is 0 Å². The zero-order valence-electron chi connectivity index (χ0n) is 20.3. The van der Waals surface area contributed by atoms with Crippen molar-refractivity contribution in [2.24, 2.45) is 0 Å². The fourth-order valence-electron chi connectivity index (χ4n) is 5.88. The van der Waals surface area contributed by atoms with Crippen molar-refractivity contribution in [2.45, 2.75) is 43.7 Å². The van der Waals surface area contributed by atoms with Gasteiger partial charge in [-0.1, -0.05) is 23.7 Å². The van der Waals surface area contributed by atoms with E-state index in [0.717, 1.165) is 52.1 Å². The van der Waals surface area contributed by atoms with Crippen molar-refractivity contribution in [3.05, 3.63) is 76.3 Å². The number of methoxy groups -OCH3 is 3. The summed E-state index contributed by atoms with van der Waals surface area (Å²) in [6, 6.07) is 18.6. The van der Waals surface area contributed by atoms with Crippen LogP contribution in [0, 0.1) is 0 Å². The molecule has 1 spiro atoms. The Labute approximate surface area is 206 Å². The van der Waals surface area contributed by atoms with Crippen LogP contribution < -0.4 is 24.8 Å². The molecule has 0 aromatic heterocycles. The Kier molecular flexibility index (Phi) is 5.56. The van der Waals surface area contributed by atoms with Crippen LogP contribution in [-0.2, 0) is 5.41 Å². The molecule has 3 aromatic carbocycles. The summed E-state index contributed by atoms with van der Waals surface area (Å²) in [5.41, 5.74) is 5.25. The molecule has 2 atom stereocenters. The zero-order chi connectivity index (χ0) is 24.1. The van der Waals surface area contributed by atoms with Crippen molar-refractivity contribution in [1.29, 1.82) is 0 Å². The second-order valence-electron chi connectivity index (χ2n) is 9.88. The van der Waals surface area contributed by atoms with Crippen LogP contribution in [0.2, 0.25) is 5.02 Å². The molecule has 0 amide bonds. The van der Waals surface area contributed by atoms with Gasteiger partial charge in [0.05, 0.1) is 27.4 Å². The van der Waals surface area contributed by atoms with Gasteiger partial charge in [0.1, 0.15) is 17.2 Å². The molecule has 5 rings (SSSR count). The van der Waals surface area contributed by atoms with E-state index in [1.807, 2.05) is 24.3 Å². The molecule has 2 aliphatic rings. The van der Waals surface area contributed by atoms with Crippen molar-refractivity contribution in [3.63, 3.8) is 0 Å². The van der Waals surface area contributed by atoms with Gasteiger partial charge >= 0.3 is 0 Å². The van der Waals surface area contributed by atoms with E-state index in [4.69, 9.17) is 25.8 Å². The Hall–Kier alpha value is -3.05. The second-order valence-corrected chi connectivity index (χ2v) is 10.3. The smallest absolute Gasteiger partial charge is 0.128 e. The average molecular weight is 479 g/mol. The molecule has 5 nitrogen and oxygen atoms in total. The molecule has 2 N–H and O–H groups in total. The third kappa shape index (κ3) is 3.72. The third-order valence-corrected chi connectivity index (χ3v) is 7.38. The number of hydrogen-bond acceptors (Lipinski definition) is 5. The molecule has 34 heavy (non-hydrogen) atoms. The predicted octanol–water partition coefficient (Wildman–Crippen LogP) is 6.80. The summed E-state index contributed by atoms with van der Waals surface area (Å²) in [5.74, 6) is 2.43. The van der Waals surface area contributed by atoms with Gasteiger partial charge in [0.2, 0.25) is 0 Å².